The Balaban J connectivity index is 2.35. The average molecular weight is 329 g/mol. The van der Waals surface area contributed by atoms with Crippen LogP contribution in [0.4, 0.5) is 4.39 Å². The molecule has 0 bridgehead atoms. The maximum atomic E-state index is 13.7. The summed E-state index contributed by atoms with van der Waals surface area (Å²) in [6.07, 6.45) is 0. The molecule has 0 amide bonds. The predicted molar refractivity (Wildman–Crippen MR) is 87.4 cm³/mol. The number of aryl methyl sites for hydroxylation is 1. The first-order chi connectivity index (χ1) is 11.4. The zero-order valence-electron chi connectivity index (χ0n) is 13.3. The third-order valence-corrected chi connectivity index (χ3v) is 4.00. The summed E-state index contributed by atoms with van der Waals surface area (Å²) in [6, 6.07) is 7.19. The quantitative estimate of drug-likeness (QED) is 0.797. The molecule has 1 N–H and O–H groups in total. The first-order valence-electron chi connectivity index (χ1n) is 7.51. The number of carboxylic acids is 1. The Labute approximate surface area is 136 Å². The highest BCUT2D eigenvalue weighted by Gasteiger charge is 2.19. The molecule has 0 aliphatic rings. The van der Waals surface area contributed by atoms with Gasteiger partial charge >= 0.3 is 5.97 Å². The lowest BCUT2D eigenvalue weighted by molar-refractivity contribution is -0.137. The van der Waals surface area contributed by atoms with Gasteiger partial charge in [-0.2, -0.15) is 5.10 Å². The van der Waals surface area contributed by atoms with E-state index in [4.69, 9.17) is 5.11 Å². The Morgan fingerprint density at radius 3 is 2.71 bits per heavy atom. The standard InChI is InChI=1S/C17H16FN3O3/c1-3-21-15(22)7-5-13(19-21)17-10(2)20(9-16(23)24)14-6-4-11(18)8-12(14)17/h4-8H,3,9H2,1-2H3,(H,23,24). The lowest BCUT2D eigenvalue weighted by Crippen LogP contribution is -2.21. The molecular weight excluding hydrogens is 313 g/mol. The minimum Gasteiger partial charge on any atom is -0.480 e. The summed E-state index contributed by atoms with van der Waals surface area (Å²) >= 11 is 0. The van der Waals surface area contributed by atoms with Crippen LogP contribution in [0.5, 0.6) is 0 Å². The third kappa shape index (κ3) is 2.58. The number of benzene rings is 1. The fourth-order valence-corrected chi connectivity index (χ4v) is 2.93. The second-order valence-corrected chi connectivity index (χ2v) is 5.47. The van der Waals surface area contributed by atoms with E-state index in [2.05, 4.69) is 5.10 Å². The van der Waals surface area contributed by atoms with E-state index in [1.165, 1.54) is 22.9 Å². The summed E-state index contributed by atoms with van der Waals surface area (Å²) < 4.78 is 16.7. The van der Waals surface area contributed by atoms with Crippen LogP contribution in [0.2, 0.25) is 0 Å². The molecule has 0 atom stereocenters. The molecule has 2 heterocycles. The van der Waals surface area contributed by atoms with Crippen molar-refractivity contribution in [3.8, 4) is 11.3 Å². The summed E-state index contributed by atoms with van der Waals surface area (Å²) in [7, 11) is 0. The molecule has 0 aliphatic carbocycles. The highest BCUT2D eigenvalue weighted by Crippen LogP contribution is 2.33. The van der Waals surface area contributed by atoms with E-state index in [0.29, 0.717) is 34.4 Å². The molecule has 0 radical (unpaired) electrons. The second-order valence-electron chi connectivity index (χ2n) is 5.47. The van der Waals surface area contributed by atoms with Crippen molar-refractivity contribution in [3.63, 3.8) is 0 Å². The van der Waals surface area contributed by atoms with Gasteiger partial charge in [0.05, 0.1) is 5.69 Å². The lowest BCUT2D eigenvalue weighted by atomic mass is 10.1. The van der Waals surface area contributed by atoms with E-state index < -0.39 is 11.8 Å². The highest BCUT2D eigenvalue weighted by molar-refractivity contribution is 5.97. The van der Waals surface area contributed by atoms with Gasteiger partial charge in [0, 0.05) is 34.8 Å². The molecule has 24 heavy (non-hydrogen) atoms. The van der Waals surface area contributed by atoms with Gasteiger partial charge in [-0.3, -0.25) is 9.59 Å². The van der Waals surface area contributed by atoms with Crippen LogP contribution < -0.4 is 5.56 Å². The van der Waals surface area contributed by atoms with Gasteiger partial charge in [-0.1, -0.05) is 0 Å². The van der Waals surface area contributed by atoms with E-state index in [0.717, 1.165) is 0 Å². The van der Waals surface area contributed by atoms with Gasteiger partial charge < -0.3 is 9.67 Å². The zero-order chi connectivity index (χ0) is 17.4. The van der Waals surface area contributed by atoms with E-state index in [1.54, 1.807) is 30.5 Å². The summed E-state index contributed by atoms with van der Waals surface area (Å²) in [5.74, 6) is -1.41. The van der Waals surface area contributed by atoms with Crippen molar-refractivity contribution in [1.29, 1.82) is 0 Å². The molecule has 3 rings (SSSR count). The predicted octanol–water partition coefficient (Wildman–Crippen LogP) is 2.42. The minimum absolute atomic E-state index is 0.223. The van der Waals surface area contributed by atoms with Crippen LogP contribution in [0.3, 0.4) is 0 Å². The maximum absolute atomic E-state index is 13.7. The van der Waals surface area contributed by atoms with Crippen molar-refractivity contribution in [2.24, 2.45) is 0 Å². The van der Waals surface area contributed by atoms with Crippen LogP contribution >= 0.6 is 0 Å². The van der Waals surface area contributed by atoms with E-state index in [9.17, 15) is 14.0 Å². The molecule has 124 valence electrons. The fraction of sp³-hybridized carbons (Fsp3) is 0.235. The summed E-state index contributed by atoms with van der Waals surface area (Å²) in [5.41, 5.74) is 2.19. The van der Waals surface area contributed by atoms with Crippen molar-refractivity contribution in [3.05, 3.63) is 52.2 Å². The highest BCUT2D eigenvalue weighted by atomic mass is 19.1. The number of hydrogen-bond donors (Lipinski definition) is 1. The van der Waals surface area contributed by atoms with Gasteiger partial charge in [0.2, 0.25) is 0 Å². The first-order valence-corrected chi connectivity index (χ1v) is 7.51. The van der Waals surface area contributed by atoms with Gasteiger partial charge in [0.15, 0.2) is 0 Å². The summed E-state index contributed by atoms with van der Waals surface area (Å²) in [5, 5.41) is 14.0. The Kier molecular flexibility index (Phi) is 3.92. The van der Waals surface area contributed by atoms with Crippen molar-refractivity contribution in [1.82, 2.24) is 14.3 Å². The second kappa shape index (κ2) is 5.92. The maximum Gasteiger partial charge on any atom is 0.323 e. The number of hydrogen-bond acceptors (Lipinski definition) is 3. The molecule has 2 aromatic heterocycles. The Morgan fingerprint density at radius 1 is 1.29 bits per heavy atom. The van der Waals surface area contributed by atoms with Gasteiger partial charge in [-0.25, -0.2) is 9.07 Å². The number of aromatic nitrogens is 3. The molecule has 1 aromatic carbocycles. The smallest absolute Gasteiger partial charge is 0.323 e. The minimum atomic E-state index is -0.989. The number of carboxylic acid groups (broad SMARTS) is 1. The molecule has 3 aromatic rings. The molecule has 0 unspecified atom stereocenters. The van der Waals surface area contributed by atoms with Crippen molar-refractivity contribution in [2.75, 3.05) is 0 Å². The fourth-order valence-electron chi connectivity index (χ4n) is 2.93. The van der Waals surface area contributed by atoms with Crippen LogP contribution in [0, 0.1) is 12.7 Å². The number of carbonyl (C=O) groups is 1. The van der Waals surface area contributed by atoms with Gasteiger partial charge in [0.25, 0.3) is 5.56 Å². The van der Waals surface area contributed by atoms with Gasteiger partial charge in [0.1, 0.15) is 12.4 Å². The van der Waals surface area contributed by atoms with Crippen molar-refractivity contribution < 1.29 is 14.3 Å². The summed E-state index contributed by atoms with van der Waals surface area (Å²) in [4.78, 5) is 22.9. The summed E-state index contributed by atoms with van der Waals surface area (Å²) in [6.45, 7) is 3.74. The number of rotatable bonds is 4. The third-order valence-electron chi connectivity index (χ3n) is 4.00. The molecule has 0 saturated carbocycles. The number of nitrogens with zero attached hydrogens (tertiary/aromatic N) is 3. The molecule has 6 nitrogen and oxygen atoms in total. The number of fused-ring (bicyclic) bond motifs is 1. The monoisotopic (exact) mass is 329 g/mol. The Bertz CT molecular complexity index is 1000. The zero-order valence-corrected chi connectivity index (χ0v) is 13.3. The Morgan fingerprint density at radius 2 is 2.04 bits per heavy atom. The average Bonchev–Trinajstić information content (AvgIpc) is 2.79. The SMILES string of the molecule is CCn1nc(-c2c(C)n(CC(=O)O)c3ccc(F)cc23)ccc1=O. The van der Waals surface area contributed by atoms with Crippen LogP contribution in [-0.2, 0) is 17.9 Å². The van der Waals surface area contributed by atoms with E-state index in [1.807, 2.05) is 0 Å². The van der Waals surface area contributed by atoms with Gasteiger partial charge in [-0.05, 0) is 38.1 Å². The largest absolute Gasteiger partial charge is 0.480 e. The molecule has 0 aliphatic heterocycles. The van der Waals surface area contributed by atoms with Crippen LogP contribution in [-0.4, -0.2) is 25.4 Å². The molecule has 7 heteroatoms. The number of aliphatic carboxylic acids is 1. The van der Waals surface area contributed by atoms with E-state index in [-0.39, 0.29) is 12.1 Å². The van der Waals surface area contributed by atoms with Gasteiger partial charge in [-0.15, -0.1) is 0 Å². The normalized spacial score (nSPS) is 11.1. The van der Waals surface area contributed by atoms with Crippen LogP contribution in [0.1, 0.15) is 12.6 Å². The lowest BCUT2D eigenvalue weighted by Gasteiger charge is -2.07. The van der Waals surface area contributed by atoms with E-state index >= 15 is 0 Å². The Hall–Kier alpha value is -2.96. The molecule has 0 spiro atoms. The molecule has 0 saturated heterocycles. The topological polar surface area (TPSA) is 77.1 Å². The number of halogens is 1. The van der Waals surface area contributed by atoms with Crippen molar-refractivity contribution in [2.45, 2.75) is 26.9 Å². The first kappa shape index (κ1) is 15.9. The van der Waals surface area contributed by atoms with Crippen LogP contribution in [0.25, 0.3) is 22.2 Å². The molecule has 0 fully saturated rings. The van der Waals surface area contributed by atoms with Crippen LogP contribution in [0.15, 0.2) is 35.1 Å². The van der Waals surface area contributed by atoms with Crippen molar-refractivity contribution >= 4 is 16.9 Å². The molecular formula is C17H16FN3O3.